The lowest BCUT2D eigenvalue weighted by Gasteiger charge is -2.28. The fraction of sp³-hybridized carbons (Fsp3) is 0.481. The zero-order valence-corrected chi connectivity index (χ0v) is 21.1. The number of halogens is 3. The van der Waals surface area contributed by atoms with Gasteiger partial charge in [-0.2, -0.15) is 13.2 Å². The van der Waals surface area contributed by atoms with Crippen molar-refractivity contribution in [3.63, 3.8) is 0 Å². The van der Waals surface area contributed by atoms with Gasteiger partial charge in [0, 0.05) is 26.1 Å². The molecule has 202 valence electrons. The van der Waals surface area contributed by atoms with Gasteiger partial charge in [0.2, 0.25) is 5.91 Å². The molecule has 3 rings (SSSR count). The van der Waals surface area contributed by atoms with Crippen molar-refractivity contribution in [1.82, 2.24) is 15.5 Å². The first-order valence-electron chi connectivity index (χ1n) is 12.3. The van der Waals surface area contributed by atoms with Crippen molar-refractivity contribution in [2.24, 2.45) is 0 Å². The minimum Gasteiger partial charge on any atom is -0.478 e. The third kappa shape index (κ3) is 9.05. The van der Waals surface area contributed by atoms with E-state index in [1.165, 1.54) is 26.0 Å². The zero-order chi connectivity index (χ0) is 26.9. The summed E-state index contributed by atoms with van der Waals surface area (Å²) in [6.45, 7) is 7.46. The molecule has 1 aliphatic rings. The molecule has 2 aromatic carbocycles. The van der Waals surface area contributed by atoms with Crippen molar-refractivity contribution in [2.75, 3.05) is 39.4 Å². The Labute approximate surface area is 215 Å². The first kappa shape index (κ1) is 28.5. The van der Waals surface area contributed by atoms with E-state index >= 15 is 0 Å². The molecule has 2 amide bonds. The topological polar surface area (TPSA) is 79.9 Å². The van der Waals surface area contributed by atoms with E-state index in [-0.39, 0.29) is 18.1 Å². The van der Waals surface area contributed by atoms with Gasteiger partial charge in [0.15, 0.2) is 5.60 Å². The van der Waals surface area contributed by atoms with Crippen LogP contribution in [0.2, 0.25) is 0 Å². The highest BCUT2D eigenvalue weighted by Gasteiger charge is 2.34. The molecule has 0 unspecified atom stereocenters. The SMILES string of the molecule is CC(C)(Oc1ccc(C(F)(F)F)cc1)C(=O)N[C@@H](Cc1ccccc1)C(=O)NCCCN1CCOCC1. The summed E-state index contributed by atoms with van der Waals surface area (Å²) in [7, 11) is 0. The number of ether oxygens (including phenoxy) is 2. The Hall–Kier alpha value is -3.11. The number of amides is 2. The first-order chi connectivity index (χ1) is 17.5. The van der Waals surface area contributed by atoms with Crippen LogP contribution in [-0.2, 0) is 26.9 Å². The number of benzene rings is 2. The number of carbonyl (C=O) groups excluding carboxylic acids is 2. The highest BCUT2D eigenvalue weighted by molar-refractivity contribution is 5.91. The van der Waals surface area contributed by atoms with Gasteiger partial charge in [-0.05, 0) is 56.6 Å². The van der Waals surface area contributed by atoms with E-state index in [4.69, 9.17) is 9.47 Å². The quantitative estimate of drug-likeness (QED) is 0.443. The smallest absolute Gasteiger partial charge is 0.416 e. The molecule has 1 aliphatic heterocycles. The minimum absolute atomic E-state index is 0.111. The van der Waals surface area contributed by atoms with Gasteiger partial charge in [-0.1, -0.05) is 30.3 Å². The van der Waals surface area contributed by atoms with Gasteiger partial charge in [-0.15, -0.1) is 0 Å². The van der Waals surface area contributed by atoms with Gasteiger partial charge in [-0.25, -0.2) is 0 Å². The maximum absolute atomic E-state index is 13.1. The lowest BCUT2D eigenvalue weighted by Crippen LogP contribution is -2.55. The molecule has 0 radical (unpaired) electrons. The second kappa shape index (κ2) is 12.9. The second-order valence-electron chi connectivity index (χ2n) is 9.45. The summed E-state index contributed by atoms with van der Waals surface area (Å²) in [5, 5.41) is 5.68. The molecule has 1 atom stereocenters. The fourth-order valence-electron chi connectivity index (χ4n) is 3.91. The number of morpholine rings is 1. The van der Waals surface area contributed by atoms with Gasteiger partial charge >= 0.3 is 6.18 Å². The van der Waals surface area contributed by atoms with Crippen LogP contribution < -0.4 is 15.4 Å². The van der Waals surface area contributed by atoms with E-state index in [1.54, 1.807) is 0 Å². The van der Waals surface area contributed by atoms with Gasteiger partial charge in [0.05, 0.1) is 18.8 Å². The largest absolute Gasteiger partial charge is 0.478 e. The summed E-state index contributed by atoms with van der Waals surface area (Å²) < 4.78 is 49.6. The van der Waals surface area contributed by atoms with Crippen LogP contribution in [0.1, 0.15) is 31.4 Å². The number of carbonyl (C=O) groups is 2. The predicted molar refractivity (Wildman–Crippen MR) is 133 cm³/mol. The monoisotopic (exact) mass is 521 g/mol. The Bertz CT molecular complexity index is 1010. The summed E-state index contributed by atoms with van der Waals surface area (Å²) in [6, 6.07) is 12.6. The normalized spacial score (nSPS) is 15.6. The summed E-state index contributed by atoms with van der Waals surface area (Å²) in [4.78, 5) is 28.4. The lowest BCUT2D eigenvalue weighted by atomic mass is 10.0. The Morgan fingerprint density at radius 1 is 1.03 bits per heavy atom. The van der Waals surface area contributed by atoms with E-state index < -0.39 is 29.3 Å². The summed E-state index contributed by atoms with van der Waals surface area (Å²) in [5.41, 5.74) is -1.38. The summed E-state index contributed by atoms with van der Waals surface area (Å²) >= 11 is 0. The molecule has 1 heterocycles. The van der Waals surface area contributed by atoms with Crippen LogP contribution in [0, 0.1) is 0 Å². The fourth-order valence-corrected chi connectivity index (χ4v) is 3.91. The van der Waals surface area contributed by atoms with Crippen LogP contribution in [0.5, 0.6) is 5.75 Å². The number of hydrogen-bond acceptors (Lipinski definition) is 5. The predicted octanol–water partition coefficient (Wildman–Crippen LogP) is 3.43. The highest BCUT2D eigenvalue weighted by atomic mass is 19.4. The van der Waals surface area contributed by atoms with Crippen LogP contribution in [0.15, 0.2) is 54.6 Å². The van der Waals surface area contributed by atoms with E-state index in [9.17, 15) is 22.8 Å². The molecule has 1 fully saturated rings. The molecule has 0 saturated carbocycles. The van der Waals surface area contributed by atoms with E-state index in [2.05, 4.69) is 15.5 Å². The van der Waals surface area contributed by atoms with Crippen LogP contribution in [-0.4, -0.2) is 67.7 Å². The van der Waals surface area contributed by atoms with Crippen molar-refractivity contribution >= 4 is 11.8 Å². The van der Waals surface area contributed by atoms with E-state index in [0.29, 0.717) is 19.8 Å². The Balaban J connectivity index is 1.60. The third-order valence-electron chi connectivity index (χ3n) is 6.06. The van der Waals surface area contributed by atoms with Gasteiger partial charge in [0.1, 0.15) is 11.8 Å². The summed E-state index contributed by atoms with van der Waals surface area (Å²) in [6.07, 6.45) is -3.43. The lowest BCUT2D eigenvalue weighted by molar-refractivity contribution is -0.138. The van der Waals surface area contributed by atoms with Crippen LogP contribution in [0.4, 0.5) is 13.2 Å². The average Bonchev–Trinajstić information content (AvgIpc) is 2.87. The zero-order valence-electron chi connectivity index (χ0n) is 21.1. The molecule has 2 N–H and O–H groups in total. The highest BCUT2D eigenvalue weighted by Crippen LogP contribution is 2.31. The second-order valence-corrected chi connectivity index (χ2v) is 9.45. The Morgan fingerprint density at radius 2 is 1.68 bits per heavy atom. The Morgan fingerprint density at radius 3 is 2.30 bits per heavy atom. The van der Waals surface area contributed by atoms with Gasteiger partial charge in [0.25, 0.3) is 5.91 Å². The van der Waals surface area contributed by atoms with Crippen molar-refractivity contribution in [2.45, 2.75) is 44.5 Å². The van der Waals surface area contributed by atoms with Crippen molar-refractivity contribution in [3.05, 3.63) is 65.7 Å². The molecular weight excluding hydrogens is 487 g/mol. The molecule has 0 aromatic heterocycles. The maximum Gasteiger partial charge on any atom is 0.416 e. The molecule has 1 saturated heterocycles. The molecule has 2 aromatic rings. The molecule has 10 heteroatoms. The molecular formula is C27H34F3N3O4. The maximum atomic E-state index is 13.1. The van der Waals surface area contributed by atoms with Crippen LogP contribution in [0.3, 0.4) is 0 Å². The molecule has 0 spiro atoms. The molecule has 7 nitrogen and oxygen atoms in total. The van der Waals surface area contributed by atoms with Gasteiger partial charge in [-0.3, -0.25) is 14.5 Å². The molecule has 0 aliphatic carbocycles. The van der Waals surface area contributed by atoms with Crippen LogP contribution >= 0.6 is 0 Å². The number of rotatable bonds is 11. The Kier molecular flexibility index (Phi) is 9.93. The summed E-state index contributed by atoms with van der Waals surface area (Å²) in [5.74, 6) is -0.762. The first-order valence-corrected chi connectivity index (χ1v) is 12.3. The van der Waals surface area contributed by atoms with Crippen LogP contribution in [0.25, 0.3) is 0 Å². The van der Waals surface area contributed by atoms with Crippen molar-refractivity contribution in [1.29, 1.82) is 0 Å². The number of hydrogen-bond donors (Lipinski definition) is 2. The minimum atomic E-state index is -4.47. The number of nitrogens with one attached hydrogen (secondary N) is 2. The molecule has 0 bridgehead atoms. The number of nitrogens with zero attached hydrogens (tertiary/aromatic N) is 1. The van der Waals surface area contributed by atoms with E-state index in [0.717, 1.165) is 43.8 Å². The van der Waals surface area contributed by atoms with Crippen molar-refractivity contribution < 1.29 is 32.2 Å². The average molecular weight is 522 g/mol. The van der Waals surface area contributed by atoms with E-state index in [1.807, 2.05) is 30.3 Å². The van der Waals surface area contributed by atoms with Crippen molar-refractivity contribution in [3.8, 4) is 5.75 Å². The molecule has 37 heavy (non-hydrogen) atoms. The number of alkyl halides is 3. The standard InChI is InChI=1S/C27H34F3N3O4/c1-26(2,37-22-11-9-21(10-12-22)27(28,29)30)25(35)32-23(19-20-7-4-3-5-8-20)24(34)31-13-6-14-33-15-17-36-18-16-33/h3-5,7-12,23H,6,13-19H2,1-2H3,(H,31,34)(H,32,35)/t23-/m0/s1. The third-order valence-corrected chi connectivity index (χ3v) is 6.06. The van der Waals surface area contributed by atoms with Gasteiger partial charge < -0.3 is 20.1 Å².